The molecule has 1 aliphatic heterocycles. The number of nitrogens with one attached hydrogen (secondary N) is 2. The standard InChI is InChI=1S/C25H27N5O7S/c1-34-21-5-4-16(38(32,33)30-6-8-37-9-7-30)11-17(21)20(31)10-15-14-26-29-24(15)25-27-18-12-22(35-2)23(36-3)13-19(18)28-25/h4-5,11-14H,6-10H2,1-3H3,(H,26,29)(H,27,28). The van der Waals surface area contributed by atoms with E-state index >= 15 is 0 Å². The molecule has 0 unspecified atom stereocenters. The van der Waals surface area contributed by atoms with E-state index in [1.165, 1.54) is 29.6 Å². The Morgan fingerprint density at radius 3 is 2.45 bits per heavy atom. The predicted molar refractivity (Wildman–Crippen MR) is 137 cm³/mol. The van der Waals surface area contributed by atoms with Gasteiger partial charge in [-0.3, -0.25) is 9.89 Å². The van der Waals surface area contributed by atoms with Gasteiger partial charge in [-0.25, -0.2) is 13.4 Å². The number of ether oxygens (including phenoxy) is 4. The number of Topliss-reactive ketones (excluding diaryl/α,β-unsaturated/α-hetero) is 1. The number of carbonyl (C=O) groups is 1. The third kappa shape index (κ3) is 4.71. The number of aromatic nitrogens is 4. The van der Waals surface area contributed by atoms with Gasteiger partial charge in [-0.2, -0.15) is 9.40 Å². The number of imidazole rings is 1. The molecule has 3 heterocycles. The molecule has 0 radical (unpaired) electrons. The number of carbonyl (C=O) groups excluding carboxylic acids is 1. The minimum absolute atomic E-state index is 0.0242. The summed E-state index contributed by atoms with van der Waals surface area (Å²) in [6, 6.07) is 7.83. The molecular formula is C25H27N5O7S. The zero-order chi connectivity index (χ0) is 26.9. The average molecular weight is 542 g/mol. The van der Waals surface area contributed by atoms with Crippen LogP contribution >= 0.6 is 0 Å². The highest BCUT2D eigenvalue weighted by Crippen LogP contribution is 2.33. The molecule has 0 atom stereocenters. The van der Waals surface area contributed by atoms with Gasteiger partial charge < -0.3 is 23.9 Å². The van der Waals surface area contributed by atoms with E-state index < -0.39 is 10.0 Å². The highest BCUT2D eigenvalue weighted by molar-refractivity contribution is 7.89. The molecule has 1 fully saturated rings. The van der Waals surface area contributed by atoms with Crippen molar-refractivity contribution in [2.75, 3.05) is 47.6 Å². The van der Waals surface area contributed by atoms with Crippen LogP contribution in [0.5, 0.6) is 17.2 Å². The monoisotopic (exact) mass is 541 g/mol. The van der Waals surface area contributed by atoms with Crippen LogP contribution in [0, 0.1) is 0 Å². The number of sulfonamides is 1. The summed E-state index contributed by atoms with van der Waals surface area (Å²) in [5.41, 5.74) is 2.63. The first-order valence-electron chi connectivity index (χ1n) is 11.8. The molecule has 200 valence electrons. The fourth-order valence-corrected chi connectivity index (χ4v) is 5.81. The maximum atomic E-state index is 13.5. The summed E-state index contributed by atoms with van der Waals surface area (Å²) in [4.78, 5) is 21.3. The number of benzene rings is 2. The predicted octanol–water partition coefficient (Wildman–Crippen LogP) is 2.43. The first-order chi connectivity index (χ1) is 18.3. The second-order valence-corrected chi connectivity index (χ2v) is 10.5. The van der Waals surface area contributed by atoms with E-state index in [4.69, 9.17) is 18.9 Å². The molecule has 1 saturated heterocycles. The van der Waals surface area contributed by atoms with Gasteiger partial charge in [0, 0.05) is 37.2 Å². The summed E-state index contributed by atoms with van der Waals surface area (Å²) < 4.78 is 49.1. The van der Waals surface area contributed by atoms with Crippen LogP contribution in [-0.2, 0) is 21.2 Å². The van der Waals surface area contributed by atoms with Gasteiger partial charge in [-0.1, -0.05) is 0 Å². The fourth-order valence-electron chi connectivity index (χ4n) is 4.38. The third-order valence-corrected chi connectivity index (χ3v) is 8.27. The molecule has 4 aromatic rings. The topological polar surface area (TPSA) is 149 Å². The molecule has 2 aromatic heterocycles. The Morgan fingerprint density at radius 2 is 1.74 bits per heavy atom. The number of nitrogens with zero attached hydrogens (tertiary/aromatic N) is 3. The van der Waals surface area contributed by atoms with Gasteiger partial charge in [0.2, 0.25) is 10.0 Å². The SMILES string of the molecule is COc1cc2nc(-c3[nH]ncc3CC(=O)c3cc(S(=O)(=O)N4CCOCC4)ccc3OC)[nH]c2cc1OC. The molecule has 0 aliphatic carbocycles. The first kappa shape index (κ1) is 25.7. The molecule has 0 saturated carbocycles. The number of ketones is 1. The van der Waals surface area contributed by atoms with Gasteiger partial charge in [0.1, 0.15) is 11.4 Å². The normalized spacial score (nSPS) is 14.5. The van der Waals surface area contributed by atoms with Crippen molar-refractivity contribution in [3.63, 3.8) is 0 Å². The molecule has 1 aliphatic rings. The highest BCUT2D eigenvalue weighted by atomic mass is 32.2. The Hall–Kier alpha value is -3.94. The van der Waals surface area contributed by atoms with Crippen LogP contribution in [0.3, 0.4) is 0 Å². The van der Waals surface area contributed by atoms with Crippen molar-refractivity contribution in [2.24, 2.45) is 0 Å². The van der Waals surface area contributed by atoms with Crippen LogP contribution in [0.4, 0.5) is 0 Å². The quantitative estimate of drug-likeness (QED) is 0.305. The molecule has 12 nitrogen and oxygen atoms in total. The van der Waals surface area contributed by atoms with E-state index in [2.05, 4.69) is 20.2 Å². The van der Waals surface area contributed by atoms with Crippen LogP contribution < -0.4 is 14.2 Å². The summed E-state index contributed by atoms with van der Waals surface area (Å²) >= 11 is 0. The minimum atomic E-state index is -3.79. The average Bonchev–Trinajstić information content (AvgIpc) is 3.58. The number of aromatic amines is 2. The zero-order valence-corrected chi connectivity index (χ0v) is 21.9. The molecule has 2 aromatic carbocycles. The summed E-state index contributed by atoms with van der Waals surface area (Å²) in [5.74, 6) is 1.52. The van der Waals surface area contributed by atoms with E-state index in [0.717, 1.165) is 0 Å². The third-order valence-electron chi connectivity index (χ3n) is 6.37. The van der Waals surface area contributed by atoms with Gasteiger partial charge in [0.05, 0.1) is 62.2 Å². The van der Waals surface area contributed by atoms with Crippen LogP contribution in [0.2, 0.25) is 0 Å². The summed E-state index contributed by atoms with van der Waals surface area (Å²) in [7, 11) is 0.740. The van der Waals surface area contributed by atoms with Crippen molar-refractivity contribution in [1.82, 2.24) is 24.5 Å². The van der Waals surface area contributed by atoms with Crippen molar-refractivity contribution < 1.29 is 32.2 Å². The van der Waals surface area contributed by atoms with E-state index in [0.29, 0.717) is 52.8 Å². The van der Waals surface area contributed by atoms with Gasteiger partial charge in [0.15, 0.2) is 23.1 Å². The summed E-state index contributed by atoms with van der Waals surface area (Å²) in [6.45, 7) is 1.16. The lowest BCUT2D eigenvalue weighted by Crippen LogP contribution is -2.40. The molecule has 38 heavy (non-hydrogen) atoms. The molecule has 13 heteroatoms. The number of hydrogen-bond acceptors (Lipinski definition) is 9. The Morgan fingerprint density at radius 1 is 1.03 bits per heavy atom. The highest BCUT2D eigenvalue weighted by Gasteiger charge is 2.28. The van der Waals surface area contributed by atoms with Crippen LogP contribution in [0.25, 0.3) is 22.6 Å². The van der Waals surface area contributed by atoms with Gasteiger partial charge in [-0.05, 0) is 18.2 Å². The molecule has 2 N–H and O–H groups in total. The maximum Gasteiger partial charge on any atom is 0.243 e. The van der Waals surface area contributed by atoms with Crippen molar-refractivity contribution in [2.45, 2.75) is 11.3 Å². The van der Waals surface area contributed by atoms with E-state index in [1.807, 2.05) is 0 Å². The maximum absolute atomic E-state index is 13.5. The van der Waals surface area contributed by atoms with Crippen molar-refractivity contribution >= 4 is 26.8 Å². The van der Waals surface area contributed by atoms with E-state index in [-0.39, 0.29) is 41.5 Å². The first-order valence-corrected chi connectivity index (χ1v) is 13.2. The number of hydrogen-bond donors (Lipinski definition) is 2. The van der Waals surface area contributed by atoms with Crippen molar-refractivity contribution in [1.29, 1.82) is 0 Å². The van der Waals surface area contributed by atoms with Gasteiger partial charge in [-0.15, -0.1) is 0 Å². The molecule has 5 rings (SSSR count). The Balaban J connectivity index is 1.45. The van der Waals surface area contributed by atoms with Crippen molar-refractivity contribution in [3.8, 4) is 28.8 Å². The Kier molecular flexibility index (Phi) is 7.06. The Labute approximate surface area is 218 Å². The number of methoxy groups -OCH3 is 3. The van der Waals surface area contributed by atoms with E-state index in [9.17, 15) is 13.2 Å². The van der Waals surface area contributed by atoms with Crippen LogP contribution in [-0.4, -0.2) is 86.3 Å². The Bertz CT molecular complexity index is 1550. The van der Waals surface area contributed by atoms with Gasteiger partial charge in [0.25, 0.3) is 0 Å². The molecule has 0 amide bonds. The lowest BCUT2D eigenvalue weighted by molar-refractivity contribution is 0.0730. The number of morpholine rings is 1. The van der Waals surface area contributed by atoms with Crippen molar-refractivity contribution in [3.05, 3.63) is 47.7 Å². The minimum Gasteiger partial charge on any atom is -0.496 e. The lowest BCUT2D eigenvalue weighted by atomic mass is 10.0. The molecule has 0 bridgehead atoms. The second-order valence-electron chi connectivity index (χ2n) is 8.56. The smallest absolute Gasteiger partial charge is 0.243 e. The summed E-state index contributed by atoms with van der Waals surface area (Å²) in [6.07, 6.45) is 1.48. The second kappa shape index (κ2) is 10.4. The molecule has 0 spiro atoms. The largest absolute Gasteiger partial charge is 0.496 e. The number of rotatable bonds is 9. The summed E-state index contributed by atoms with van der Waals surface area (Å²) in [5, 5.41) is 7.01. The van der Waals surface area contributed by atoms with Gasteiger partial charge >= 0.3 is 0 Å². The van der Waals surface area contributed by atoms with Crippen LogP contribution in [0.1, 0.15) is 15.9 Å². The fraction of sp³-hybridized carbons (Fsp3) is 0.320. The number of fused-ring (bicyclic) bond motifs is 1. The van der Waals surface area contributed by atoms with E-state index in [1.54, 1.807) is 32.5 Å². The zero-order valence-electron chi connectivity index (χ0n) is 21.1. The van der Waals surface area contributed by atoms with Crippen LogP contribution in [0.15, 0.2) is 41.4 Å². The lowest BCUT2D eigenvalue weighted by Gasteiger charge is -2.26. The number of H-pyrrole nitrogens is 2. The molecular weight excluding hydrogens is 514 g/mol.